The third-order valence-corrected chi connectivity index (χ3v) is 7.02. The number of nitrogens with zero attached hydrogens (tertiary/aromatic N) is 3. The molecule has 0 radical (unpaired) electrons. The Morgan fingerprint density at radius 1 is 1.03 bits per heavy atom. The Bertz CT molecular complexity index is 1280. The van der Waals surface area contributed by atoms with E-state index < -0.39 is 17.8 Å². The molecule has 0 bridgehead atoms. The van der Waals surface area contributed by atoms with Gasteiger partial charge in [0.2, 0.25) is 0 Å². The maximum Gasteiger partial charge on any atom is 0.338 e. The van der Waals surface area contributed by atoms with Crippen LogP contribution in [0.25, 0.3) is 0 Å². The Balaban J connectivity index is 1.46. The van der Waals surface area contributed by atoms with Gasteiger partial charge in [0.25, 0.3) is 17.7 Å². The first-order valence-corrected chi connectivity index (χ1v) is 12.9. The molecule has 2 heterocycles. The van der Waals surface area contributed by atoms with E-state index >= 15 is 0 Å². The van der Waals surface area contributed by atoms with Crippen LogP contribution in [0.15, 0.2) is 59.3 Å². The van der Waals surface area contributed by atoms with Gasteiger partial charge in [0.05, 0.1) is 17.4 Å². The molecule has 2 aromatic rings. The van der Waals surface area contributed by atoms with Gasteiger partial charge in [-0.25, -0.2) is 9.69 Å². The molecule has 10 heteroatoms. The topological polar surface area (TPSA) is 99.3 Å². The van der Waals surface area contributed by atoms with Gasteiger partial charge in [0.15, 0.2) is 0 Å². The molecule has 0 unspecified atom stereocenters. The largest absolute Gasteiger partial charge is 0.459 e. The first-order valence-electron chi connectivity index (χ1n) is 12.5. The predicted octanol–water partition coefficient (Wildman–Crippen LogP) is 3.85. The van der Waals surface area contributed by atoms with E-state index in [9.17, 15) is 19.2 Å². The first-order chi connectivity index (χ1) is 18.1. The number of benzene rings is 2. The number of imide groups is 1. The molecule has 2 aliphatic rings. The molecule has 9 nitrogen and oxygen atoms in total. The van der Waals surface area contributed by atoms with E-state index in [0.717, 1.165) is 30.8 Å². The summed E-state index contributed by atoms with van der Waals surface area (Å²) in [6.45, 7) is 5.37. The van der Waals surface area contributed by atoms with Crippen molar-refractivity contribution in [2.75, 3.05) is 37.4 Å². The minimum Gasteiger partial charge on any atom is -0.459 e. The molecule has 0 atom stereocenters. The van der Waals surface area contributed by atoms with Crippen LogP contribution in [0.1, 0.15) is 47.4 Å². The van der Waals surface area contributed by atoms with E-state index in [1.807, 2.05) is 7.05 Å². The Morgan fingerprint density at radius 2 is 1.68 bits per heavy atom. The zero-order chi connectivity index (χ0) is 27.6. The second kappa shape index (κ2) is 11.4. The Labute approximate surface area is 227 Å². The monoisotopic (exact) mass is 538 g/mol. The van der Waals surface area contributed by atoms with Gasteiger partial charge < -0.3 is 19.9 Å². The molecule has 0 saturated carbocycles. The van der Waals surface area contributed by atoms with E-state index in [-0.39, 0.29) is 40.0 Å². The summed E-state index contributed by atoms with van der Waals surface area (Å²) in [4.78, 5) is 56.3. The number of carbonyl (C=O) groups is 4. The van der Waals surface area contributed by atoms with Crippen molar-refractivity contribution < 1.29 is 23.9 Å². The Morgan fingerprint density at radius 3 is 2.32 bits per heavy atom. The quantitative estimate of drug-likeness (QED) is 0.422. The van der Waals surface area contributed by atoms with Gasteiger partial charge in [-0.05, 0) is 89.3 Å². The SMILES string of the molecule is CC(C)OC(=O)c1cccc(N2C(=O)C(Cl)=C(Nc3ccc(C(=O)N(C)C4CCN(C)CC4)cc3)C2=O)c1. The molecule has 0 aromatic heterocycles. The number of halogens is 1. The predicted molar refractivity (Wildman–Crippen MR) is 145 cm³/mol. The van der Waals surface area contributed by atoms with Gasteiger partial charge in [-0.2, -0.15) is 0 Å². The summed E-state index contributed by atoms with van der Waals surface area (Å²) in [5.41, 5.74) is 1.34. The number of carbonyl (C=O) groups excluding carboxylic acids is 4. The van der Waals surface area contributed by atoms with Crippen molar-refractivity contribution in [3.63, 3.8) is 0 Å². The van der Waals surface area contributed by atoms with Gasteiger partial charge in [-0.15, -0.1) is 0 Å². The number of likely N-dealkylation sites (tertiary alicyclic amines) is 1. The fourth-order valence-electron chi connectivity index (χ4n) is 4.49. The number of ether oxygens (including phenoxy) is 1. The van der Waals surface area contributed by atoms with Gasteiger partial charge in [0, 0.05) is 24.3 Å². The van der Waals surface area contributed by atoms with E-state index in [1.165, 1.54) is 12.1 Å². The third kappa shape index (κ3) is 5.74. The fraction of sp³-hybridized carbons (Fsp3) is 0.357. The molecule has 0 aliphatic carbocycles. The summed E-state index contributed by atoms with van der Waals surface area (Å²) in [5.74, 6) is -2.00. The number of amides is 3. The van der Waals surface area contributed by atoms with Crippen LogP contribution in [0, 0.1) is 0 Å². The highest BCUT2D eigenvalue weighted by Gasteiger charge is 2.39. The number of nitrogens with one attached hydrogen (secondary N) is 1. The van der Waals surface area contributed by atoms with Crippen LogP contribution in [-0.4, -0.2) is 72.8 Å². The van der Waals surface area contributed by atoms with Crippen molar-refractivity contribution in [2.45, 2.75) is 38.8 Å². The van der Waals surface area contributed by atoms with Gasteiger partial charge in [-0.3, -0.25) is 14.4 Å². The minimum absolute atomic E-state index is 0.0717. The lowest BCUT2D eigenvalue weighted by atomic mass is 10.0. The summed E-state index contributed by atoms with van der Waals surface area (Å²) >= 11 is 6.26. The van der Waals surface area contributed by atoms with Crippen molar-refractivity contribution >= 4 is 46.7 Å². The van der Waals surface area contributed by atoms with Crippen LogP contribution in [0.4, 0.5) is 11.4 Å². The van der Waals surface area contributed by atoms with Crippen molar-refractivity contribution in [1.82, 2.24) is 9.80 Å². The summed E-state index contributed by atoms with van der Waals surface area (Å²) in [7, 11) is 3.90. The molecular weight excluding hydrogens is 508 g/mol. The van der Waals surface area contributed by atoms with E-state index in [0.29, 0.717) is 11.3 Å². The van der Waals surface area contributed by atoms with Crippen LogP contribution >= 0.6 is 11.6 Å². The molecule has 1 fully saturated rings. The number of hydrogen-bond donors (Lipinski definition) is 1. The molecule has 1 saturated heterocycles. The lowest BCUT2D eigenvalue weighted by Gasteiger charge is -2.35. The van der Waals surface area contributed by atoms with E-state index in [2.05, 4.69) is 17.3 Å². The fourth-order valence-corrected chi connectivity index (χ4v) is 4.70. The second-order valence-corrected chi connectivity index (χ2v) is 10.2. The summed E-state index contributed by atoms with van der Waals surface area (Å²) < 4.78 is 5.20. The maximum atomic E-state index is 13.2. The second-order valence-electron chi connectivity index (χ2n) is 9.79. The summed E-state index contributed by atoms with van der Waals surface area (Å²) in [5, 5.41) is 2.64. The zero-order valence-corrected chi connectivity index (χ0v) is 22.6. The standard InChI is InChI=1S/C28H31ClN4O5/c1-17(2)38-28(37)19-6-5-7-22(16-19)33-26(35)23(29)24(27(33)36)30-20-10-8-18(9-11-20)25(34)32(4)21-12-14-31(3)15-13-21/h5-11,16-17,21,30H,12-15H2,1-4H3. The summed E-state index contributed by atoms with van der Waals surface area (Å²) in [6.07, 6.45) is 1.54. The highest BCUT2D eigenvalue weighted by molar-refractivity contribution is 6.53. The molecule has 2 aromatic carbocycles. The van der Waals surface area contributed by atoms with Gasteiger partial charge >= 0.3 is 5.97 Å². The number of anilines is 2. The van der Waals surface area contributed by atoms with Crippen molar-refractivity contribution in [3.8, 4) is 0 Å². The normalized spacial score (nSPS) is 16.8. The lowest BCUT2D eigenvalue weighted by molar-refractivity contribution is -0.120. The smallest absolute Gasteiger partial charge is 0.338 e. The van der Waals surface area contributed by atoms with Crippen LogP contribution in [0.5, 0.6) is 0 Å². The average Bonchev–Trinajstić information content (AvgIpc) is 3.11. The van der Waals surface area contributed by atoms with Crippen LogP contribution < -0.4 is 10.2 Å². The van der Waals surface area contributed by atoms with Crippen molar-refractivity contribution in [1.29, 1.82) is 0 Å². The highest BCUT2D eigenvalue weighted by Crippen LogP contribution is 2.31. The number of rotatable bonds is 7. The molecule has 38 heavy (non-hydrogen) atoms. The zero-order valence-electron chi connectivity index (χ0n) is 21.9. The molecule has 1 N–H and O–H groups in total. The van der Waals surface area contributed by atoms with E-state index in [4.69, 9.17) is 16.3 Å². The van der Waals surface area contributed by atoms with Crippen LogP contribution in [0.2, 0.25) is 0 Å². The Hall–Kier alpha value is -3.69. The van der Waals surface area contributed by atoms with Crippen molar-refractivity contribution in [2.24, 2.45) is 0 Å². The molecule has 3 amide bonds. The summed E-state index contributed by atoms with van der Waals surface area (Å²) in [6, 6.07) is 12.9. The number of hydrogen-bond acceptors (Lipinski definition) is 7. The number of piperidine rings is 1. The number of esters is 1. The molecular formula is C28H31ClN4O5. The molecule has 0 spiro atoms. The van der Waals surface area contributed by atoms with Crippen LogP contribution in [0.3, 0.4) is 0 Å². The molecule has 2 aliphatic heterocycles. The average molecular weight is 539 g/mol. The minimum atomic E-state index is -0.708. The van der Waals surface area contributed by atoms with Crippen molar-refractivity contribution in [3.05, 3.63) is 70.4 Å². The Kier molecular flexibility index (Phi) is 8.18. The maximum absolute atomic E-state index is 13.2. The van der Waals surface area contributed by atoms with Gasteiger partial charge in [0.1, 0.15) is 10.7 Å². The molecule has 4 rings (SSSR count). The van der Waals surface area contributed by atoms with E-state index in [1.54, 1.807) is 55.1 Å². The van der Waals surface area contributed by atoms with Crippen LogP contribution in [-0.2, 0) is 14.3 Å². The third-order valence-electron chi connectivity index (χ3n) is 6.67. The molecule has 200 valence electrons. The lowest BCUT2D eigenvalue weighted by Crippen LogP contribution is -2.44. The highest BCUT2D eigenvalue weighted by atomic mass is 35.5. The first kappa shape index (κ1) is 27.3. The van der Waals surface area contributed by atoms with Gasteiger partial charge in [-0.1, -0.05) is 17.7 Å².